The molecule has 2 rings (SSSR count). The van der Waals surface area contributed by atoms with E-state index in [1.54, 1.807) is 11.0 Å². The SMILES string of the molecule is CC(C)(C)OC(=O)N1CC=C(c2ccc(Cl)c(C(=O)O)n2)CC1. The Morgan fingerprint density at radius 1 is 1.35 bits per heavy atom. The summed E-state index contributed by atoms with van der Waals surface area (Å²) in [5, 5.41) is 9.18. The van der Waals surface area contributed by atoms with Gasteiger partial charge in [-0.3, -0.25) is 0 Å². The Morgan fingerprint density at radius 2 is 2.04 bits per heavy atom. The van der Waals surface area contributed by atoms with Gasteiger partial charge in [-0.15, -0.1) is 0 Å². The van der Waals surface area contributed by atoms with E-state index >= 15 is 0 Å². The van der Waals surface area contributed by atoms with Gasteiger partial charge < -0.3 is 14.7 Å². The molecule has 0 saturated carbocycles. The molecule has 0 aromatic carbocycles. The normalized spacial score (nSPS) is 15.1. The van der Waals surface area contributed by atoms with Gasteiger partial charge in [0.1, 0.15) is 5.60 Å². The van der Waals surface area contributed by atoms with Crippen molar-refractivity contribution in [3.8, 4) is 0 Å². The number of carbonyl (C=O) groups excluding carboxylic acids is 1. The van der Waals surface area contributed by atoms with Crippen molar-refractivity contribution >= 4 is 29.2 Å². The number of rotatable bonds is 2. The van der Waals surface area contributed by atoms with E-state index in [9.17, 15) is 9.59 Å². The number of hydrogen-bond donors (Lipinski definition) is 1. The molecule has 0 unspecified atom stereocenters. The van der Waals surface area contributed by atoms with Gasteiger partial charge in [0.25, 0.3) is 0 Å². The molecule has 0 bridgehead atoms. The number of carboxylic acid groups (broad SMARTS) is 1. The second kappa shape index (κ2) is 6.58. The number of ether oxygens (including phenoxy) is 1. The van der Waals surface area contributed by atoms with Crippen LogP contribution in [0.5, 0.6) is 0 Å². The molecular weight excluding hydrogens is 320 g/mol. The Hall–Kier alpha value is -2.08. The molecule has 0 saturated heterocycles. The lowest BCUT2D eigenvalue weighted by molar-refractivity contribution is 0.0270. The van der Waals surface area contributed by atoms with Gasteiger partial charge in [-0.2, -0.15) is 0 Å². The number of nitrogens with zero attached hydrogens (tertiary/aromatic N) is 2. The van der Waals surface area contributed by atoms with Gasteiger partial charge in [0.2, 0.25) is 0 Å². The van der Waals surface area contributed by atoms with E-state index in [1.165, 1.54) is 6.07 Å². The molecule has 124 valence electrons. The molecule has 1 aliphatic heterocycles. The number of hydrogen-bond acceptors (Lipinski definition) is 4. The maximum absolute atomic E-state index is 12.0. The second-order valence-corrected chi connectivity index (χ2v) is 6.64. The van der Waals surface area contributed by atoms with Crippen LogP contribution in [0.3, 0.4) is 0 Å². The van der Waals surface area contributed by atoms with Crippen molar-refractivity contribution in [2.45, 2.75) is 32.8 Å². The van der Waals surface area contributed by atoms with Crippen molar-refractivity contribution in [2.75, 3.05) is 13.1 Å². The molecule has 0 radical (unpaired) electrons. The first-order valence-electron chi connectivity index (χ1n) is 7.24. The summed E-state index contributed by atoms with van der Waals surface area (Å²) >= 11 is 5.82. The van der Waals surface area contributed by atoms with E-state index in [0.717, 1.165) is 5.57 Å². The summed E-state index contributed by atoms with van der Waals surface area (Å²) in [4.78, 5) is 28.8. The molecule has 2 heterocycles. The Balaban J connectivity index is 2.12. The Labute approximate surface area is 139 Å². The number of pyridine rings is 1. The van der Waals surface area contributed by atoms with Gasteiger partial charge in [0.05, 0.1) is 10.7 Å². The smallest absolute Gasteiger partial charge is 0.410 e. The maximum atomic E-state index is 12.0. The van der Waals surface area contributed by atoms with E-state index < -0.39 is 11.6 Å². The van der Waals surface area contributed by atoms with Crippen LogP contribution in [0.2, 0.25) is 5.02 Å². The monoisotopic (exact) mass is 338 g/mol. The largest absolute Gasteiger partial charge is 0.476 e. The predicted octanol–water partition coefficient (Wildman–Crippen LogP) is 3.46. The molecule has 6 nitrogen and oxygen atoms in total. The summed E-state index contributed by atoms with van der Waals surface area (Å²) in [6.07, 6.45) is 2.07. The molecule has 1 amide bonds. The Morgan fingerprint density at radius 3 is 2.57 bits per heavy atom. The number of carbonyl (C=O) groups is 2. The highest BCUT2D eigenvalue weighted by Crippen LogP contribution is 2.24. The summed E-state index contributed by atoms with van der Waals surface area (Å²) in [7, 11) is 0. The highest BCUT2D eigenvalue weighted by atomic mass is 35.5. The molecule has 1 aliphatic rings. The predicted molar refractivity (Wildman–Crippen MR) is 86.6 cm³/mol. The number of carboxylic acids is 1. The van der Waals surface area contributed by atoms with Gasteiger partial charge >= 0.3 is 12.1 Å². The zero-order chi connectivity index (χ0) is 17.2. The van der Waals surface area contributed by atoms with Crippen molar-refractivity contribution in [1.82, 2.24) is 9.88 Å². The first-order chi connectivity index (χ1) is 10.7. The zero-order valence-electron chi connectivity index (χ0n) is 13.3. The van der Waals surface area contributed by atoms with Gasteiger partial charge in [-0.25, -0.2) is 14.6 Å². The number of aromatic carboxylic acids is 1. The van der Waals surface area contributed by atoms with Crippen LogP contribution in [0.4, 0.5) is 4.79 Å². The minimum Gasteiger partial charge on any atom is -0.476 e. The summed E-state index contributed by atoms with van der Waals surface area (Å²) in [5.74, 6) is -1.16. The third kappa shape index (κ3) is 4.45. The fourth-order valence-corrected chi connectivity index (χ4v) is 2.35. The molecule has 7 heteroatoms. The van der Waals surface area contributed by atoms with Crippen molar-refractivity contribution in [3.05, 3.63) is 34.6 Å². The molecular formula is C16H19ClN2O4. The molecule has 1 aromatic heterocycles. The van der Waals surface area contributed by atoms with E-state index in [2.05, 4.69) is 4.98 Å². The van der Waals surface area contributed by atoms with Crippen LogP contribution < -0.4 is 0 Å². The van der Waals surface area contributed by atoms with Gasteiger partial charge in [-0.05, 0) is 44.9 Å². The minimum absolute atomic E-state index is 0.105. The van der Waals surface area contributed by atoms with E-state index in [1.807, 2.05) is 26.8 Å². The Kier molecular flexibility index (Phi) is 4.94. The van der Waals surface area contributed by atoms with Crippen LogP contribution >= 0.6 is 11.6 Å². The van der Waals surface area contributed by atoms with Crippen LogP contribution in [0.15, 0.2) is 18.2 Å². The van der Waals surface area contributed by atoms with Gasteiger partial charge in [0.15, 0.2) is 5.69 Å². The van der Waals surface area contributed by atoms with Crippen molar-refractivity contribution in [2.24, 2.45) is 0 Å². The maximum Gasteiger partial charge on any atom is 0.410 e. The van der Waals surface area contributed by atoms with Crippen LogP contribution in [0.25, 0.3) is 5.57 Å². The molecule has 23 heavy (non-hydrogen) atoms. The number of amides is 1. The molecule has 0 atom stereocenters. The second-order valence-electron chi connectivity index (χ2n) is 6.24. The lowest BCUT2D eigenvalue weighted by atomic mass is 10.0. The first-order valence-corrected chi connectivity index (χ1v) is 7.62. The number of aromatic nitrogens is 1. The quantitative estimate of drug-likeness (QED) is 0.893. The molecule has 1 N–H and O–H groups in total. The van der Waals surface area contributed by atoms with Crippen molar-refractivity contribution in [3.63, 3.8) is 0 Å². The van der Waals surface area contributed by atoms with Gasteiger partial charge in [0, 0.05) is 13.1 Å². The zero-order valence-corrected chi connectivity index (χ0v) is 14.1. The highest BCUT2D eigenvalue weighted by molar-refractivity contribution is 6.33. The van der Waals surface area contributed by atoms with Crippen LogP contribution in [0.1, 0.15) is 43.4 Å². The fourth-order valence-electron chi connectivity index (χ4n) is 2.17. The lowest BCUT2D eigenvalue weighted by Crippen LogP contribution is -2.39. The van der Waals surface area contributed by atoms with E-state index in [4.69, 9.17) is 21.4 Å². The third-order valence-corrected chi connectivity index (χ3v) is 3.54. The van der Waals surface area contributed by atoms with Crippen LogP contribution in [0, 0.1) is 0 Å². The summed E-state index contributed by atoms with van der Waals surface area (Å²) in [6, 6.07) is 3.21. The molecule has 0 fully saturated rings. The molecule has 0 spiro atoms. The fraction of sp³-hybridized carbons (Fsp3) is 0.438. The lowest BCUT2D eigenvalue weighted by Gasteiger charge is -2.29. The number of halogens is 1. The third-order valence-electron chi connectivity index (χ3n) is 3.24. The highest BCUT2D eigenvalue weighted by Gasteiger charge is 2.24. The molecule has 1 aromatic rings. The Bertz CT molecular complexity index is 665. The average Bonchev–Trinajstić information content (AvgIpc) is 2.46. The summed E-state index contributed by atoms with van der Waals surface area (Å²) in [5.41, 5.74) is 0.758. The van der Waals surface area contributed by atoms with Crippen LogP contribution in [-0.4, -0.2) is 45.7 Å². The topological polar surface area (TPSA) is 79.7 Å². The molecule has 0 aliphatic carbocycles. The minimum atomic E-state index is -1.16. The van der Waals surface area contributed by atoms with Gasteiger partial charge in [-0.1, -0.05) is 17.7 Å². The van der Waals surface area contributed by atoms with Crippen molar-refractivity contribution in [1.29, 1.82) is 0 Å². The van der Waals surface area contributed by atoms with E-state index in [0.29, 0.717) is 25.2 Å². The van der Waals surface area contributed by atoms with Crippen molar-refractivity contribution < 1.29 is 19.4 Å². The van der Waals surface area contributed by atoms with E-state index in [-0.39, 0.29) is 16.8 Å². The van der Waals surface area contributed by atoms with Crippen LogP contribution in [-0.2, 0) is 4.74 Å². The standard InChI is InChI=1S/C16H19ClN2O4/c1-16(2,3)23-15(22)19-8-6-10(7-9-19)12-5-4-11(17)13(18-12)14(20)21/h4-6H,7-9H2,1-3H3,(H,20,21). The summed E-state index contributed by atoms with van der Waals surface area (Å²) in [6.45, 7) is 6.36. The first kappa shape index (κ1) is 17.3. The summed E-state index contributed by atoms with van der Waals surface area (Å²) < 4.78 is 5.33. The average molecular weight is 339 g/mol.